The molecule has 2 aromatic rings. The number of methoxy groups -OCH3 is 2. The molecule has 0 aliphatic carbocycles. The predicted octanol–water partition coefficient (Wildman–Crippen LogP) is 3.02. The van der Waals surface area contributed by atoms with Gasteiger partial charge in [-0.05, 0) is 43.2 Å². The summed E-state index contributed by atoms with van der Waals surface area (Å²) < 4.78 is 12.7. The van der Waals surface area contributed by atoms with E-state index >= 15 is 0 Å². The lowest BCUT2D eigenvalue weighted by Crippen LogP contribution is -2.31. The Kier molecular flexibility index (Phi) is 4.28. The van der Waals surface area contributed by atoms with Crippen LogP contribution >= 0.6 is 0 Å². The minimum atomic E-state index is -0.00977. The molecule has 1 fully saturated rings. The molecule has 122 valence electrons. The molecule has 1 saturated heterocycles. The van der Waals surface area contributed by atoms with E-state index in [1.165, 1.54) is 0 Å². The Morgan fingerprint density at radius 3 is 2.70 bits per heavy atom. The molecular formula is C18H22N2O3. The zero-order valence-electron chi connectivity index (χ0n) is 13.8. The molecule has 1 aliphatic heterocycles. The van der Waals surface area contributed by atoms with Gasteiger partial charge in [-0.2, -0.15) is 0 Å². The van der Waals surface area contributed by atoms with Gasteiger partial charge in [0.15, 0.2) is 0 Å². The van der Waals surface area contributed by atoms with Crippen LogP contribution in [0.25, 0.3) is 0 Å². The molecule has 0 unspecified atom stereocenters. The van der Waals surface area contributed by atoms with Gasteiger partial charge < -0.3 is 18.9 Å². The van der Waals surface area contributed by atoms with Crippen LogP contribution in [0, 0.1) is 0 Å². The van der Waals surface area contributed by atoms with E-state index in [0.717, 1.165) is 25.1 Å². The summed E-state index contributed by atoms with van der Waals surface area (Å²) >= 11 is 0. The van der Waals surface area contributed by atoms with Crippen LogP contribution in [0.4, 0.5) is 0 Å². The van der Waals surface area contributed by atoms with Crippen molar-refractivity contribution in [3.63, 3.8) is 0 Å². The number of ether oxygens (including phenoxy) is 2. The summed E-state index contributed by atoms with van der Waals surface area (Å²) in [6.07, 6.45) is 4.01. The first-order valence-electron chi connectivity index (χ1n) is 7.80. The van der Waals surface area contributed by atoms with Gasteiger partial charge in [0.05, 0.1) is 25.8 Å². The van der Waals surface area contributed by atoms with E-state index in [2.05, 4.69) is 10.6 Å². The van der Waals surface area contributed by atoms with Gasteiger partial charge in [0, 0.05) is 25.5 Å². The third-order valence-corrected chi connectivity index (χ3v) is 4.48. The van der Waals surface area contributed by atoms with Gasteiger partial charge in [-0.1, -0.05) is 0 Å². The van der Waals surface area contributed by atoms with Gasteiger partial charge in [0.1, 0.15) is 11.5 Å². The molecule has 3 rings (SSSR count). The number of aromatic nitrogens is 1. The van der Waals surface area contributed by atoms with Crippen LogP contribution in [0.1, 0.15) is 34.9 Å². The molecule has 1 aromatic heterocycles. The highest BCUT2D eigenvalue weighted by Crippen LogP contribution is 2.35. The summed E-state index contributed by atoms with van der Waals surface area (Å²) in [5.41, 5.74) is 1.71. The number of rotatable bonds is 4. The van der Waals surface area contributed by atoms with Crippen LogP contribution < -0.4 is 9.47 Å². The van der Waals surface area contributed by atoms with E-state index in [4.69, 9.17) is 9.47 Å². The number of nitrogens with zero attached hydrogens (tertiary/aromatic N) is 2. The van der Waals surface area contributed by atoms with Crippen LogP contribution in [0.5, 0.6) is 11.5 Å². The summed E-state index contributed by atoms with van der Waals surface area (Å²) in [6.45, 7) is 0.759. The van der Waals surface area contributed by atoms with Crippen molar-refractivity contribution in [2.24, 2.45) is 7.05 Å². The van der Waals surface area contributed by atoms with Gasteiger partial charge in [0.2, 0.25) is 0 Å². The molecule has 5 nitrogen and oxygen atoms in total. The minimum Gasteiger partial charge on any atom is -0.497 e. The van der Waals surface area contributed by atoms with E-state index in [-0.39, 0.29) is 11.9 Å². The second-order valence-electron chi connectivity index (χ2n) is 5.77. The summed E-state index contributed by atoms with van der Waals surface area (Å²) in [5.74, 6) is 1.22. The predicted molar refractivity (Wildman–Crippen MR) is 88.0 cm³/mol. The summed E-state index contributed by atoms with van der Waals surface area (Å²) in [4.78, 5) is 15.0. The Hall–Kier alpha value is -2.43. The topological polar surface area (TPSA) is 43.7 Å². The molecular weight excluding hydrogens is 292 g/mol. The molecule has 0 saturated carbocycles. The maximum Gasteiger partial charge on any atom is 0.258 e. The van der Waals surface area contributed by atoms with Crippen molar-refractivity contribution in [1.29, 1.82) is 0 Å². The third-order valence-electron chi connectivity index (χ3n) is 4.48. The maximum absolute atomic E-state index is 13.1. The number of carbonyl (C=O) groups excluding carboxylic acids is 1. The van der Waals surface area contributed by atoms with Crippen LogP contribution in [0.2, 0.25) is 0 Å². The van der Waals surface area contributed by atoms with Gasteiger partial charge >= 0.3 is 0 Å². The molecule has 1 atom stereocenters. The number of hydrogen-bond acceptors (Lipinski definition) is 3. The smallest absolute Gasteiger partial charge is 0.258 e. The highest BCUT2D eigenvalue weighted by molar-refractivity contribution is 5.97. The van der Waals surface area contributed by atoms with E-state index < -0.39 is 0 Å². The van der Waals surface area contributed by atoms with Crippen LogP contribution in [0.3, 0.4) is 0 Å². The molecule has 1 amide bonds. The monoisotopic (exact) mass is 314 g/mol. The normalized spacial score (nSPS) is 17.3. The molecule has 0 radical (unpaired) electrons. The molecule has 5 heteroatoms. The quantitative estimate of drug-likeness (QED) is 0.871. The average Bonchev–Trinajstić information content (AvgIpc) is 3.21. The zero-order chi connectivity index (χ0) is 16.4. The Bertz CT molecular complexity index is 708. The lowest BCUT2D eigenvalue weighted by Gasteiger charge is -2.26. The van der Waals surface area contributed by atoms with E-state index in [0.29, 0.717) is 17.1 Å². The van der Waals surface area contributed by atoms with Gasteiger partial charge in [-0.15, -0.1) is 0 Å². The molecule has 23 heavy (non-hydrogen) atoms. The lowest BCUT2D eigenvalue weighted by atomic mass is 10.1. The number of benzene rings is 1. The Balaban J connectivity index is 1.95. The third kappa shape index (κ3) is 2.79. The van der Waals surface area contributed by atoms with Gasteiger partial charge in [0.25, 0.3) is 5.91 Å². The Morgan fingerprint density at radius 2 is 2.04 bits per heavy atom. The number of likely N-dealkylation sites (tertiary alicyclic amines) is 1. The molecule has 1 aliphatic rings. The molecule has 2 heterocycles. The molecule has 1 aromatic carbocycles. The highest BCUT2D eigenvalue weighted by atomic mass is 16.5. The first-order chi connectivity index (χ1) is 11.2. The second-order valence-corrected chi connectivity index (χ2v) is 5.77. The van der Waals surface area contributed by atoms with Crippen molar-refractivity contribution < 1.29 is 14.3 Å². The maximum atomic E-state index is 13.1. The fourth-order valence-corrected chi connectivity index (χ4v) is 3.27. The van der Waals surface area contributed by atoms with Crippen molar-refractivity contribution in [3.05, 3.63) is 47.8 Å². The van der Waals surface area contributed by atoms with Crippen molar-refractivity contribution in [2.75, 3.05) is 20.8 Å². The number of amides is 1. The van der Waals surface area contributed by atoms with Crippen LogP contribution in [-0.4, -0.2) is 36.1 Å². The Morgan fingerprint density at radius 1 is 1.22 bits per heavy atom. The zero-order valence-corrected chi connectivity index (χ0v) is 13.8. The molecule has 0 spiro atoms. The standard InChI is InChI=1S/C18H22N2O3/c1-19-10-4-6-15(19)16-7-5-11-20(16)18(21)14-12-13(22-2)8-9-17(14)23-3/h4,6,8-10,12,16H,5,7,11H2,1-3H3/t16-/m0/s1. The fraction of sp³-hybridized carbons (Fsp3) is 0.389. The lowest BCUT2D eigenvalue weighted by molar-refractivity contribution is 0.0727. The van der Waals surface area contributed by atoms with Gasteiger partial charge in [-0.3, -0.25) is 4.79 Å². The first-order valence-corrected chi connectivity index (χ1v) is 7.80. The van der Waals surface area contributed by atoms with Crippen molar-refractivity contribution in [1.82, 2.24) is 9.47 Å². The first kappa shape index (κ1) is 15.5. The van der Waals surface area contributed by atoms with Gasteiger partial charge in [-0.25, -0.2) is 0 Å². The minimum absolute atomic E-state index is 0.00977. The summed E-state index contributed by atoms with van der Waals surface area (Å²) in [6, 6.07) is 9.54. The van der Waals surface area contributed by atoms with E-state index in [1.54, 1.807) is 32.4 Å². The van der Waals surface area contributed by atoms with Crippen molar-refractivity contribution in [3.8, 4) is 11.5 Å². The van der Waals surface area contributed by atoms with Crippen LogP contribution in [0.15, 0.2) is 36.5 Å². The number of carbonyl (C=O) groups is 1. The van der Waals surface area contributed by atoms with E-state index in [9.17, 15) is 4.79 Å². The summed E-state index contributed by atoms with van der Waals surface area (Å²) in [7, 11) is 5.19. The van der Waals surface area contributed by atoms with E-state index in [1.807, 2.05) is 24.2 Å². The average molecular weight is 314 g/mol. The summed E-state index contributed by atoms with van der Waals surface area (Å²) in [5, 5.41) is 0. The molecule has 0 bridgehead atoms. The second kappa shape index (κ2) is 6.36. The number of aryl methyl sites for hydroxylation is 1. The van der Waals surface area contributed by atoms with Crippen molar-refractivity contribution >= 4 is 5.91 Å². The number of hydrogen-bond donors (Lipinski definition) is 0. The Labute approximate surface area is 136 Å². The van der Waals surface area contributed by atoms with Crippen LogP contribution in [-0.2, 0) is 7.05 Å². The SMILES string of the molecule is COc1ccc(OC)c(C(=O)N2CCC[C@H]2c2cccn2C)c1. The van der Waals surface area contributed by atoms with Crippen molar-refractivity contribution in [2.45, 2.75) is 18.9 Å². The fourth-order valence-electron chi connectivity index (χ4n) is 3.27. The largest absolute Gasteiger partial charge is 0.497 e. The highest BCUT2D eigenvalue weighted by Gasteiger charge is 2.33. The molecule has 0 N–H and O–H groups in total.